The van der Waals surface area contributed by atoms with Gasteiger partial charge >= 0.3 is 5.97 Å². The molecule has 5 nitrogen and oxygen atoms in total. The van der Waals surface area contributed by atoms with Crippen LogP contribution in [0.5, 0.6) is 5.75 Å². The highest BCUT2D eigenvalue weighted by atomic mass is 16.5. The first kappa shape index (κ1) is 11.2. The van der Waals surface area contributed by atoms with E-state index in [1.54, 1.807) is 24.7 Å². The lowest BCUT2D eigenvalue weighted by molar-refractivity contribution is -0.139. The van der Waals surface area contributed by atoms with Crippen LogP contribution in [0.1, 0.15) is 5.69 Å². The number of aryl methyl sites for hydroxylation is 1. The van der Waals surface area contributed by atoms with E-state index in [2.05, 4.69) is 4.98 Å². The maximum atomic E-state index is 10.3. The molecule has 1 aromatic heterocycles. The zero-order valence-corrected chi connectivity index (χ0v) is 9.33. The minimum Gasteiger partial charge on any atom is -0.482 e. The van der Waals surface area contributed by atoms with Gasteiger partial charge in [0.25, 0.3) is 0 Å². The predicted molar refractivity (Wildman–Crippen MR) is 61.4 cm³/mol. The van der Waals surface area contributed by atoms with Gasteiger partial charge in [-0.15, -0.1) is 0 Å². The molecule has 88 valence electrons. The Hall–Kier alpha value is -2.30. The van der Waals surface area contributed by atoms with Gasteiger partial charge in [0, 0.05) is 17.6 Å². The minimum absolute atomic E-state index is 0.330. The molecule has 1 N–H and O–H groups in total. The average molecular weight is 232 g/mol. The van der Waals surface area contributed by atoms with Gasteiger partial charge in [-0.25, -0.2) is 9.78 Å². The Morgan fingerprint density at radius 1 is 1.41 bits per heavy atom. The van der Waals surface area contributed by atoms with Crippen molar-refractivity contribution < 1.29 is 14.6 Å². The van der Waals surface area contributed by atoms with E-state index in [4.69, 9.17) is 9.84 Å². The van der Waals surface area contributed by atoms with Crippen LogP contribution in [0.25, 0.3) is 5.69 Å². The lowest BCUT2D eigenvalue weighted by Gasteiger charge is -2.07. The van der Waals surface area contributed by atoms with E-state index in [1.807, 2.05) is 23.6 Å². The van der Waals surface area contributed by atoms with Crippen LogP contribution in [0.15, 0.2) is 36.8 Å². The molecule has 2 rings (SSSR count). The molecule has 17 heavy (non-hydrogen) atoms. The zero-order valence-electron chi connectivity index (χ0n) is 9.33. The van der Waals surface area contributed by atoms with E-state index in [0.29, 0.717) is 5.75 Å². The normalized spacial score (nSPS) is 10.2. The van der Waals surface area contributed by atoms with E-state index in [-0.39, 0.29) is 6.61 Å². The maximum Gasteiger partial charge on any atom is 0.341 e. The summed E-state index contributed by atoms with van der Waals surface area (Å²) >= 11 is 0. The monoisotopic (exact) mass is 232 g/mol. The Morgan fingerprint density at radius 3 is 2.65 bits per heavy atom. The summed E-state index contributed by atoms with van der Waals surface area (Å²) in [6, 6.07) is 7.17. The van der Waals surface area contributed by atoms with Crippen molar-refractivity contribution >= 4 is 5.97 Å². The molecule has 0 radical (unpaired) electrons. The molecule has 0 fully saturated rings. The van der Waals surface area contributed by atoms with E-state index in [9.17, 15) is 4.79 Å². The molecular formula is C12H12N2O3. The van der Waals surface area contributed by atoms with Crippen molar-refractivity contribution in [2.75, 3.05) is 6.61 Å². The largest absolute Gasteiger partial charge is 0.482 e. The number of nitrogens with zero attached hydrogens (tertiary/aromatic N) is 2. The van der Waals surface area contributed by atoms with Crippen molar-refractivity contribution in [3.63, 3.8) is 0 Å². The number of imidazole rings is 1. The lowest BCUT2D eigenvalue weighted by atomic mass is 10.3. The maximum absolute atomic E-state index is 10.3. The molecule has 0 spiro atoms. The molecule has 0 saturated carbocycles. The number of aliphatic carboxylic acids is 1. The lowest BCUT2D eigenvalue weighted by Crippen LogP contribution is -2.09. The number of aromatic nitrogens is 2. The van der Waals surface area contributed by atoms with Gasteiger partial charge in [-0.1, -0.05) is 0 Å². The number of ether oxygens (including phenoxy) is 1. The zero-order chi connectivity index (χ0) is 12.3. The highest BCUT2D eigenvalue weighted by molar-refractivity contribution is 5.68. The number of hydrogen-bond acceptors (Lipinski definition) is 3. The van der Waals surface area contributed by atoms with Crippen LogP contribution >= 0.6 is 0 Å². The van der Waals surface area contributed by atoms with Gasteiger partial charge in [-0.3, -0.25) is 0 Å². The smallest absolute Gasteiger partial charge is 0.341 e. The summed E-state index contributed by atoms with van der Waals surface area (Å²) in [7, 11) is 0. The summed E-state index contributed by atoms with van der Waals surface area (Å²) in [5.74, 6) is -0.451. The van der Waals surface area contributed by atoms with Crippen molar-refractivity contribution in [1.29, 1.82) is 0 Å². The highest BCUT2D eigenvalue weighted by Crippen LogP contribution is 2.16. The molecule has 2 aromatic rings. The fourth-order valence-electron chi connectivity index (χ4n) is 1.48. The molecule has 0 aliphatic carbocycles. The van der Waals surface area contributed by atoms with Crippen LogP contribution in [0.3, 0.4) is 0 Å². The Labute approximate surface area is 98.3 Å². The molecule has 5 heteroatoms. The first-order valence-corrected chi connectivity index (χ1v) is 5.11. The Balaban J connectivity index is 2.13. The Kier molecular flexibility index (Phi) is 3.09. The van der Waals surface area contributed by atoms with Crippen LogP contribution in [0.2, 0.25) is 0 Å². The standard InChI is InChI=1S/C12H12N2O3/c1-9-6-13-8-14(9)10-2-4-11(5-3-10)17-7-12(15)16/h2-6,8H,7H2,1H3,(H,15,16). The second kappa shape index (κ2) is 4.69. The number of rotatable bonds is 4. The van der Waals surface area contributed by atoms with E-state index >= 15 is 0 Å². The second-order valence-corrected chi connectivity index (χ2v) is 3.58. The summed E-state index contributed by atoms with van der Waals surface area (Å²) in [6.45, 7) is 1.63. The van der Waals surface area contributed by atoms with Crippen molar-refractivity contribution in [3.8, 4) is 11.4 Å². The molecule has 0 aliphatic rings. The van der Waals surface area contributed by atoms with Crippen molar-refractivity contribution in [2.24, 2.45) is 0 Å². The number of hydrogen-bond donors (Lipinski definition) is 1. The summed E-state index contributed by atoms with van der Waals surface area (Å²) in [4.78, 5) is 14.4. The third-order valence-corrected chi connectivity index (χ3v) is 2.30. The molecule has 1 heterocycles. The van der Waals surface area contributed by atoms with Crippen LogP contribution in [0, 0.1) is 6.92 Å². The van der Waals surface area contributed by atoms with Gasteiger partial charge in [0.15, 0.2) is 6.61 Å². The number of carboxylic acid groups (broad SMARTS) is 1. The topological polar surface area (TPSA) is 64.4 Å². The quantitative estimate of drug-likeness (QED) is 0.870. The number of carboxylic acids is 1. The summed E-state index contributed by atoms with van der Waals surface area (Å²) in [6.07, 6.45) is 3.50. The van der Waals surface area contributed by atoms with Crippen LogP contribution < -0.4 is 4.74 Å². The molecule has 0 bridgehead atoms. The van der Waals surface area contributed by atoms with E-state index in [0.717, 1.165) is 11.4 Å². The number of benzene rings is 1. The minimum atomic E-state index is -0.987. The highest BCUT2D eigenvalue weighted by Gasteiger charge is 2.02. The molecule has 0 atom stereocenters. The van der Waals surface area contributed by atoms with Gasteiger partial charge in [-0.2, -0.15) is 0 Å². The SMILES string of the molecule is Cc1cncn1-c1ccc(OCC(=O)O)cc1. The van der Waals surface area contributed by atoms with Gasteiger partial charge in [0.1, 0.15) is 5.75 Å². The van der Waals surface area contributed by atoms with Crippen molar-refractivity contribution in [1.82, 2.24) is 9.55 Å². The van der Waals surface area contributed by atoms with Crippen molar-refractivity contribution in [2.45, 2.75) is 6.92 Å². The van der Waals surface area contributed by atoms with Gasteiger partial charge < -0.3 is 14.4 Å². The van der Waals surface area contributed by atoms with E-state index < -0.39 is 5.97 Å². The third kappa shape index (κ3) is 2.63. The van der Waals surface area contributed by atoms with Gasteiger partial charge in [0.05, 0.1) is 6.33 Å². The van der Waals surface area contributed by atoms with Gasteiger partial charge in [-0.05, 0) is 31.2 Å². The second-order valence-electron chi connectivity index (χ2n) is 3.58. The van der Waals surface area contributed by atoms with Crippen LogP contribution in [0.4, 0.5) is 0 Å². The predicted octanol–water partition coefficient (Wildman–Crippen LogP) is 1.64. The Bertz CT molecular complexity index is 517. The first-order valence-electron chi connectivity index (χ1n) is 5.11. The first-order chi connectivity index (χ1) is 8.16. The summed E-state index contributed by atoms with van der Waals surface area (Å²) in [5, 5.41) is 8.48. The average Bonchev–Trinajstić information content (AvgIpc) is 2.73. The van der Waals surface area contributed by atoms with Crippen molar-refractivity contribution in [3.05, 3.63) is 42.5 Å². The number of carbonyl (C=O) groups is 1. The molecule has 0 saturated heterocycles. The van der Waals surface area contributed by atoms with Crippen LogP contribution in [-0.4, -0.2) is 27.2 Å². The fraction of sp³-hybridized carbons (Fsp3) is 0.167. The fourth-order valence-corrected chi connectivity index (χ4v) is 1.48. The van der Waals surface area contributed by atoms with E-state index in [1.165, 1.54) is 0 Å². The van der Waals surface area contributed by atoms with Crippen LogP contribution in [-0.2, 0) is 4.79 Å². The Morgan fingerprint density at radius 2 is 2.12 bits per heavy atom. The summed E-state index contributed by atoms with van der Waals surface area (Å²) < 4.78 is 6.98. The molecule has 1 aromatic carbocycles. The molecule has 0 amide bonds. The van der Waals surface area contributed by atoms with Gasteiger partial charge in [0.2, 0.25) is 0 Å². The molecule has 0 aliphatic heterocycles. The third-order valence-electron chi connectivity index (χ3n) is 2.30. The molecular weight excluding hydrogens is 220 g/mol. The molecule has 0 unspecified atom stereocenters. The summed E-state index contributed by atoms with van der Waals surface area (Å²) in [5.41, 5.74) is 1.99.